The van der Waals surface area contributed by atoms with Crippen molar-refractivity contribution in [3.8, 4) is 0 Å². The number of hydrogen-bond donors (Lipinski definition) is 1. The van der Waals surface area contributed by atoms with E-state index in [0.717, 1.165) is 0 Å². The second kappa shape index (κ2) is 4.28. The maximum absolute atomic E-state index is 11.6. The van der Waals surface area contributed by atoms with Gasteiger partial charge >= 0.3 is 0 Å². The molecule has 1 aliphatic rings. The van der Waals surface area contributed by atoms with Crippen LogP contribution in [0.25, 0.3) is 0 Å². The number of β-amino-alcohol motifs (C(OH)–C–C–N with tert-alkyl or cyclic N) is 1. The van der Waals surface area contributed by atoms with E-state index in [1.165, 1.54) is 0 Å². The van der Waals surface area contributed by atoms with Crippen molar-refractivity contribution in [1.29, 1.82) is 0 Å². The Morgan fingerprint density at radius 2 is 2.07 bits per heavy atom. The first-order valence-corrected chi connectivity index (χ1v) is 5.14. The van der Waals surface area contributed by atoms with E-state index in [1.54, 1.807) is 11.9 Å². The number of hydrogen-bond acceptors (Lipinski definition) is 3. The van der Waals surface area contributed by atoms with Gasteiger partial charge in [0.15, 0.2) is 0 Å². The lowest BCUT2D eigenvalue weighted by Crippen LogP contribution is -2.44. The highest BCUT2D eigenvalue weighted by Gasteiger charge is 2.36. The average Bonchev–Trinajstić information content (AvgIpc) is 2.31. The zero-order valence-corrected chi connectivity index (χ0v) is 9.40. The van der Waals surface area contributed by atoms with Crippen LogP contribution in [-0.4, -0.2) is 46.8 Å². The fourth-order valence-corrected chi connectivity index (χ4v) is 1.92. The van der Waals surface area contributed by atoms with Crippen molar-refractivity contribution < 1.29 is 9.90 Å². The molecule has 4 nitrogen and oxygen atoms in total. The highest BCUT2D eigenvalue weighted by atomic mass is 16.3. The summed E-state index contributed by atoms with van der Waals surface area (Å²) in [6, 6.07) is 0.279. The number of carbonyl (C=O) groups excluding carboxylic acids is 1. The summed E-state index contributed by atoms with van der Waals surface area (Å²) in [6.45, 7) is 6.32. The van der Waals surface area contributed by atoms with Crippen LogP contribution >= 0.6 is 0 Å². The van der Waals surface area contributed by atoms with E-state index in [-0.39, 0.29) is 11.9 Å². The molecule has 0 saturated carbocycles. The van der Waals surface area contributed by atoms with Gasteiger partial charge in [0.25, 0.3) is 0 Å². The zero-order valence-electron chi connectivity index (χ0n) is 9.40. The molecule has 1 aliphatic heterocycles. The molecule has 0 aromatic carbocycles. The topological polar surface area (TPSA) is 43.8 Å². The number of carbonyl (C=O) groups is 1. The average molecular weight is 200 g/mol. The van der Waals surface area contributed by atoms with E-state index in [4.69, 9.17) is 0 Å². The van der Waals surface area contributed by atoms with Crippen molar-refractivity contribution in [2.45, 2.75) is 39.3 Å². The predicted molar refractivity (Wildman–Crippen MR) is 54.4 cm³/mol. The molecule has 82 valence electrons. The molecule has 2 unspecified atom stereocenters. The second-order valence-electron chi connectivity index (χ2n) is 4.41. The van der Waals surface area contributed by atoms with Gasteiger partial charge in [-0.2, -0.15) is 0 Å². The largest absolute Gasteiger partial charge is 0.392 e. The van der Waals surface area contributed by atoms with E-state index >= 15 is 0 Å². The number of hydrazine groups is 1. The van der Waals surface area contributed by atoms with Gasteiger partial charge in [0.2, 0.25) is 5.91 Å². The van der Waals surface area contributed by atoms with Crippen molar-refractivity contribution in [2.75, 3.05) is 13.6 Å². The molecule has 1 N–H and O–H groups in total. The third-order valence-electron chi connectivity index (χ3n) is 2.74. The maximum atomic E-state index is 11.6. The molecule has 0 aromatic rings. The first-order chi connectivity index (χ1) is 6.43. The molecule has 1 fully saturated rings. The maximum Gasteiger partial charge on any atom is 0.238 e. The molecule has 4 heteroatoms. The van der Waals surface area contributed by atoms with Gasteiger partial charge in [-0.15, -0.1) is 0 Å². The summed E-state index contributed by atoms with van der Waals surface area (Å²) in [5, 5.41) is 12.9. The minimum atomic E-state index is -0.465. The quantitative estimate of drug-likeness (QED) is 0.720. The first kappa shape index (κ1) is 11.5. The standard InChI is InChI=1S/C10H20N2O2/c1-7(2)9-5-10(14)12(11(9)4)6-8(3)13/h7-9,13H,5-6H2,1-4H3. The van der Waals surface area contributed by atoms with Gasteiger partial charge in [0, 0.05) is 19.5 Å². The summed E-state index contributed by atoms with van der Waals surface area (Å²) in [6.07, 6.45) is 0.105. The van der Waals surface area contributed by atoms with E-state index in [0.29, 0.717) is 18.9 Å². The SMILES string of the molecule is CC(O)CN1C(=O)CC(C(C)C)N1C. The van der Waals surface area contributed by atoms with Crippen molar-refractivity contribution in [2.24, 2.45) is 5.92 Å². The van der Waals surface area contributed by atoms with E-state index in [1.807, 2.05) is 12.1 Å². The lowest BCUT2D eigenvalue weighted by atomic mass is 10.0. The van der Waals surface area contributed by atoms with Gasteiger partial charge < -0.3 is 5.11 Å². The molecule has 0 aliphatic carbocycles. The third-order valence-corrected chi connectivity index (χ3v) is 2.74. The Balaban J connectivity index is 2.65. The van der Waals surface area contributed by atoms with E-state index in [9.17, 15) is 9.90 Å². The van der Waals surface area contributed by atoms with Gasteiger partial charge in [-0.05, 0) is 12.8 Å². The van der Waals surface area contributed by atoms with Crippen molar-refractivity contribution in [3.05, 3.63) is 0 Å². The molecule has 0 aromatic heterocycles. The minimum Gasteiger partial charge on any atom is -0.392 e. The highest BCUT2D eigenvalue weighted by molar-refractivity contribution is 5.78. The third kappa shape index (κ3) is 2.25. The van der Waals surface area contributed by atoms with Crippen molar-refractivity contribution in [3.63, 3.8) is 0 Å². The Hall–Kier alpha value is -0.610. The summed E-state index contributed by atoms with van der Waals surface area (Å²) in [7, 11) is 1.91. The van der Waals surface area contributed by atoms with Crippen LogP contribution in [0.1, 0.15) is 27.2 Å². The fraction of sp³-hybridized carbons (Fsp3) is 0.900. The second-order valence-corrected chi connectivity index (χ2v) is 4.41. The number of amides is 1. The van der Waals surface area contributed by atoms with Crippen LogP contribution in [0.15, 0.2) is 0 Å². The molecular weight excluding hydrogens is 180 g/mol. The first-order valence-electron chi connectivity index (χ1n) is 5.14. The molecule has 0 radical (unpaired) electrons. The molecule has 0 spiro atoms. The molecule has 1 rings (SSSR count). The van der Waals surface area contributed by atoms with Crippen LogP contribution in [0.3, 0.4) is 0 Å². The summed E-state index contributed by atoms with van der Waals surface area (Å²) < 4.78 is 0. The van der Waals surface area contributed by atoms with Crippen LogP contribution in [0, 0.1) is 5.92 Å². The van der Waals surface area contributed by atoms with Crippen LogP contribution < -0.4 is 0 Å². The van der Waals surface area contributed by atoms with Gasteiger partial charge in [-0.25, -0.2) is 5.01 Å². The highest BCUT2D eigenvalue weighted by Crippen LogP contribution is 2.23. The number of aliphatic hydroxyl groups is 1. The number of aliphatic hydroxyl groups excluding tert-OH is 1. The summed E-state index contributed by atoms with van der Waals surface area (Å²) >= 11 is 0. The van der Waals surface area contributed by atoms with Crippen LogP contribution in [0.2, 0.25) is 0 Å². The monoisotopic (exact) mass is 200 g/mol. The fourth-order valence-electron chi connectivity index (χ4n) is 1.92. The molecule has 2 atom stereocenters. The summed E-state index contributed by atoms with van der Waals surface area (Å²) in [5.41, 5.74) is 0. The Kier molecular flexibility index (Phi) is 3.50. The zero-order chi connectivity index (χ0) is 10.9. The summed E-state index contributed by atoms with van der Waals surface area (Å²) in [4.78, 5) is 11.6. The number of nitrogens with zero attached hydrogens (tertiary/aromatic N) is 2. The Morgan fingerprint density at radius 3 is 2.43 bits per heavy atom. The van der Waals surface area contributed by atoms with Crippen molar-refractivity contribution >= 4 is 5.91 Å². The minimum absolute atomic E-state index is 0.118. The molecule has 1 amide bonds. The number of rotatable bonds is 3. The molecular formula is C10H20N2O2. The lowest BCUT2D eigenvalue weighted by Gasteiger charge is -2.30. The van der Waals surface area contributed by atoms with Crippen molar-refractivity contribution in [1.82, 2.24) is 10.0 Å². The Bertz CT molecular complexity index is 216. The Morgan fingerprint density at radius 1 is 1.50 bits per heavy atom. The van der Waals surface area contributed by atoms with Crippen LogP contribution in [0.4, 0.5) is 0 Å². The molecule has 1 saturated heterocycles. The molecule has 0 bridgehead atoms. The molecule has 1 heterocycles. The summed E-state index contributed by atoms with van der Waals surface area (Å²) in [5.74, 6) is 0.579. The van der Waals surface area contributed by atoms with Crippen LogP contribution in [-0.2, 0) is 4.79 Å². The van der Waals surface area contributed by atoms with E-state index in [2.05, 4.69) is 13.8 Å². The van der Waals surface area contributed by atoms with Crippen LogP contribution in [0.5, 0.6) is 0 Å². The lowest BCUT2D eigenvalue weighted by molar-refractivity contribution is -0.139. The van der Waals surface area contributed by atoms with Gasteiger partial charge in [0.1, 0.15) is 0 Å². The van der Waals surface area contributed by atoms with Gasteiger partial charge in [-0.3, -0.25) is 9.80 Å². The van der Waals surface area contributed by atoms with Gasteiger partial charge in [-0.1, -0.05) is 13.8 Å². The predicted octanol–water partition coefficient (Wildman–Crippen LogP) is 0.471. The molecule has 14 heavy (non-hydrogen) atoms. The smallest absolute Gasteiger partial charge is 0.238 e. The Labute approximate surface area is 85.5 Å². The van der Waals surface area contributed by atoms with Gasteiger partial charge in [0.05, 0.1) is 12.6 Å². The van der Waals surface area contributed by atoms with E-state index < -0.39 is 6.10 Å². The normalized spacial score (nSPS) is 26.3.